The van der Waals surface area contributed by atoms with E-state index in [4.69, 9.17) is 9.72 Å². The van der Waals surface area contributed by atoms with Crippen LogP contribution in [0.5, 0.6) is 0 Å². The lowest BCUT2D eigenvalue weighted by Crippen LogP contribution is -2.37. The van der Waals surface area contributed by atoms with Crippen molar-refractivity contribution in [2.45, 2.75) is 52.1 Å². The fourth-order valence-corrected chi connectivity index (χ4v) is 5.08. The monoisotopic (exact) mass is 560 g/mol. The Kier molecular flexibility index (Phi) is 10.2. The van der Waals surface area contributed by atoms with E-state index in [0.717, 1.165) is 66.8 Å². The molecule has 1 aliphatic rings. The van der Waals surface area contributed by atoms with Gasteiger partial charge in [-0.05, 0) is 96.7 Å². The van der Waals surface area contributed by atoms with Crippen LogP contribution in [0.2, 0.25) is 0 Å². The normalized spacial score (nSPS) is 17.3. The molecule has 9 nitrogen and oxygen atoms in total. The molecule has 0 bridgehead atoms. The van der Waals surface area contributed by atoms with Crippen LogP contribution in [0, 0.1) is 11.8 Å². The lowest BCUT2D eigenvalue weighted by molar-refractivity contribution is 0.0512. The summed E-state index contributed by atoms with van der Waals surface area (Å²) in [6.07, 6.45) is 5.51. The maximum atomic E-state index is 13.4. The minimum absolute atomic E-state index is 0.0894. The van der Waals surface area contributed by atoms with Gasteiger partial charge in [-0.1, -0.05) is 18.2 Å². The van der Waals surface area contributed by atoms with E-state index >= 15 is 0 Å². The highest BCUT2D eigenvalue weighted by Crippen LogP contribution is 2.29. The molecule has 2 amide bonds. The van der Waals surface area contributed by atoms with E-state index in [1.54, 1.807) is 6.20 Å². The Morgan fingerprint density at radius 1 is 0.976 bits per heavy atom. The van der Waals surface area contributed by atoms with Crippen molar-refractivity contribution >= 4 is 28.7 Å². The summed E-state index contributed by atoms with van der Waals surface area (Å²) in [5.41, 5.74) is 2.49. The lowest BCUT2D eigenvalue weighted by Gasteiger charge is -2.29. The number of nitrogens with one attached hydrogen (secondary N) is 3. The quantitative estimate of drug-likeness (QED) is 0.308. The average molecular weight is 561 g/mol. The van der Waals surface area contributed by atoms with E-state index in [1.807, 2.05) is 77.3 Å². The van der Waals surface area contributed by atoms with Gasteiger partial charge >= 0.3 is 6.09 Å². The van der Waals surface area contributed by atoms with Crippen molar-refractivity contribution in [3.05, 3.63) is 54.2 Å². The van der Waals surface area contributed by atoms with Crippen molar-refractivity contribution in [2.24, 2.45) is 11.8 Å². The Bertz CT molecular complexity index is 1310. The number of pyridine rings is 2. The number of carbonyl (C=O) groups is 2. The Labute approximate surface area is 243 Å². The minimum atomic E-state index is -0.495. The number of carbonyl (C=O) groups excluding carboxylic acids is 2. The van der Waals surface area contributed by atoms with Crippen LogP contribution < -0.4 is 16.0 Å². The van der Waals surface area contributed by atoms with Crippen LogP contribution in [-0.4, -0.2) is 72.7 Å². The highest BCUT2D eigenvalue weighted by atomic mass is 16.6. The van der Waals surface area contributed by atoms with E-state index in [9.17, 15) is 9.59 Å². The molecule has 0 spiro atoms. The summed E-state index contributed by atoms with van der Waals surface area (Å²) >= 11 is 0. The molecule has 0 radical (unpaired) electrons. The molecular formula is C32H44N6O3. The molecule has 0 aliphatic heterocycles. The highest BCUT2D eigenvalue weighted by molar-refractivity contribution is 6.07. The van der Waals surface area contributed by atoms with Crippen molar-refractivity contribution in [1.82, 2.24) is 25.5 Å². The first kappa shape index (κ1) is 30.2. The number of anilines is 1. The third-order valence-electron chi connectivity index (χ3n) is 7.34. The maximum Gasteiger partial charge on any atom is 0.407 e. The SMILES string of the molecule is CN(C)CCNc1ccc(-c2cc(C(=O)NCC3CCC(CNC(=O)OC(C)(C)C)CC3)c3ccccc3n2)cn1. The summed E-state index contributed by atoms with van der Waals surface area (Å²) in [4.78, 5) is 36.9. The summed E-state index contributed by atoms with van der Waals surface area (Å²) in [5, 5.41) is 10.2. The molecule has 1 aromatic carbocycles. The van der Waals surface area contributed by atoms with Gasteiger partial charge in [0.2, 0.25) is 0 Å². The zero-order valence-corrected chi connectivity index (χ0v) is 25.0. The number of likely N-dealkylation sites (N-methyl/N-ethyl adjacent to an activating group) is 1. The summed E-state index contributed by atoms with van der Waals surface area (Å²) < 4.78 is 5.34. The number of para-hydroxylation sites is 1. The molecule has 3 N–H and O–H groups in total. The van der Waals surface area contributed by atoms with Gasteiger partial charge in [-0.15, -0.1) is 0 Å². The predicted molar refractivity (Wildman–Crippen MR) is 164 cm³/mol. The number of benzene rings is 1. The van der Waals surface area contributed by atoms with E-state index in [0.29, 0.717) is 30.5 Å². The number of amides is 2. The minimum Gasteiger partial charge on any atom is -0.444 e. The van der Waals surface area contributed by atoms with Gasteiger partial charge in [0.25, 0.3) is 5.91 Å². The molecule has 0 saturated heterocycles. The standard InChI is InChI=1S/C32H44N6O3/c1-32(2,3)41-31(40)36-20-23-12-10-22(11-13-23)19-35-30(39)26-18-28(37-27-9-7-6-8-25(26)27)24-14-15-29(34-21-24)33-16-17-38(4)5/h6-9,14-15,18,21-23H,10-13,16-17,19-20H2,1-5H3,(H,33,34)(H,35,39)(H,36,40). The van der Waals surface area contributed by atoms with E-state index < -0.39 is 5.60 Å². The van der Waals surface area contributed by atoms with Gasteiger partial charge in [-0.3, -0.25) is 4.79 Å². The third-order valence-corrected chi connectivity index (χ3v) is 7.34. The molecule has 41 heavy (non-hydrogen) atoms. The molecule has 1 saturated carbocycles. The first-order chi connectivity index (χ1) is 19.6. The number of alkyl carbamates (subject to hydrolysis) is 1. The molecule has 2 aromatic heterocycles. The molecule has 1 aliphatic carbocycles. The van der Waals surface area contributed by atoms with Crippen molar-refractivity contribution < 1.29 is 14.3 Å². The van der Waals surface area contributed by atoms with Gasteiger partial charge in [0, 0.05) is 43.3 Å². The largest absolute Gasteiger partial charge is 0.444 e. The van der Waals surface area contributed by atoms with E-state index in [-0.39, 0.29) is 12.0 Å². The van der Waals surface area contributed by atoms with Crippen molar-refractivity contribution in [2.75, 3.05) is 45.6 Å². The second-order valence-corrected chi connectivity index (χ2v) is 12.2. The average Bonchev–Trinajstić information content (AvgIpc) is 2.94. The molecule has 220 valence electrons. The zero-order valence-electron chi connectivity index (χ0n) is 25.0. The fraction of sp³-hybridized carbons (Fsp3) is 0.500. The summed E-state index contributed by atoms with van der Waals surface area (Å²) in [6, 6.07) is 13.6. The van der Waals surface area contributed by atoms with Gasteiger partial charge in [0.15, 0.2) is 0 Å². The Morgan fingerprint density at radius 2 is 1.66 bits per heavy atom. The molecule has 3 aromatic rings. The number of hydrogen-bond donors (Lipinski definition) is 3. The first-order valence-corrected chi connectivity index (χ1v) is 14.6. The zero-order chi connectivity index (χ0) is 29.4. The van der Waals surface area contributed by atoms with Crippen LogP contribution in [0.15, 0.2) is 48.7 Å². The van der Waals surface area contributed by atoms with Gasteiger partial charge in [0.1, 0.15) is 11.4 Å². The van der Waals surface area contributed by atoms with E-state index in [1.165, 1.54) is 0 Å². The molecular weight excluding hydrogens is 516 g/mol. The second-order valence-electron chi connectivity index (χ2n) is 12.2. The van der Waals surface area contributed by atoms with Crippen LogP contribution in [0.3, 0.4) is 0 Å². The maximum absolute atomic E-state index is 13.4. The number of nitrogens with zero attached hydrogens (tertiary/aromatic N) is 3. The smallest absolute Gasteiger partial charge is 0.407 e. The topological polar surface area (TPSA) is 108 Å². The number of fused-ring (bicyclic) bond motifs is 1. The number of ether oxygens (including phenoxy) is 1. The van der Waals surface area contributed by atoms with Crippen LogP contribution >= 0.6 is 0 Å². The fourth-order valence-electron chi connectivity index (χ4n) is 5.08. The number of hydrogen-bond acceptors (Lipinski definition) is 7. The highest BCUT2D eigenvalue weighted by Gasteiger charge is 2.24. The van der Waals surface area contributed by atoms with Gasteiger partial charge in [-0.2, -0.15) is 0 Å². The van der Waals surface area contributed by atoms with Gasteiger partial charge in [-0.25, -0.2) is 14.8 Å². The molecule has 9 heteroatoms. The van der Waals surface area contributed by atoms with Crippen LogP contribution in [-0.2, 0) is 4.74 Å². The number of aromatic nitrogens is 2. The van der Waals surface area contributed by atoms with Crippen LogP contribution in [0.4, 0.5) is 10.6 Å². The Morgan fingerprint density at radius 3 is 2.29 bits per heavy atom. The first-order valence-electron chi connectivity index (χ1n) is 14.6. The Balaban J connectivity index is 1.34. The Hall–Kier alpha value is -3.72. The predicted octanol–water partition coefficient (Wildman–Crippen LogP) is 5.33. The molecule has 0 unspecified atom stereocenters. The summed E-state index contributed by atoms with van der Waals surface area (Å²) in [7, 11) is 4.08. The van der Waals surface area contributed by atoms with Crippen molar-refractivity contribution in [3.8, 4) is 11.3 Å². The summed E-state index contributed by atoms with van der Waals surface area (Å²) in [5.74, 6) is 1.57. The lowest BCUT2D eigenvalue weighted by atomic mass is 9.82. The second kappa shape index (κ2) is 13.8. The van der Waals surface area contributed by atoms with Crippen LogP contribution in [0.25, 0.3) is 22.2 Å². The number of rotatable bonds is 10. The molecule has 4 rings (SSSR count). The van der Waals surface area contributed by atoms with Crippen molar-refractivity contribution in [1.29, 1.82) is 0 Å². The van der Waals surface area contributed by atoms with Crippen molar-refractivity contribution in [3.63, 3.8) is 0 Å². The summed E-state index contributed by atoms with van der Waals surface area (Å²) in [6.45, 7) is 8.57. The third kappa shape index (κ3) is 9.14. The van der Waals surface area contributed by atoms with Gasteiger partial charge in [0.05, 0.1) is 16.8 Å². The molecule has 1 fully saturated rings. The molecule has 0 atom stereocenters. The van der Waals surface area contributed by atoms with E-state index in [2.05, 4.69) is 25.8 Å². The molecule has 2 heterocycles. The van der Waals surface area contributed by atoms with Gasteiger partial charge < -0.3 is 25.6 Å². The van der Waals surface area contributed by atoms with Crippen LogP contribution in [0.1, 0.15) is 56.8 Å².